The number of hydrogen-bond acceptors (Lipinski definition) is 3. The maximum atomic E-state index is 12.0. The van der Waals surface area contributed by atoms with Crippen LogP contribution in [0.15, 0.2) is 12.4 Å². The Morgan fingerprint density at radius 2 is 1.79 bits per heavy atom. The maximum absolute atomic E-state index is 12.0. The Labute approximate surface area is 77.2 Å². The van der Waals surface area contributed by atoms with E-state index in [-0.39, 0.29) is 5.56 Å². The molecule has 0 fully saturated rings. The minimum atomic E-state index is -4.55. The zero-order valence-corrected chi connectivity index (χ0v) is 6.63. The van der Waals surface area contributed by atoms with Gasteiger partial charge in [0.05, 0.1) is 5.56 Å². The van der Waals surface area contributed by atoms with Crippen molar-refractivity contribution in [2.75, 3.05) is 0 Å². The van der Waals surface area contributed by atoms with Crippen LogP contribution in [-0.2, 0) is 6.18 Å². The van der Waals surface area contributed by atoms with Crippen molar-refractivity contribution < 1.29 is 13.2 Å². The number of aromatic nitrogens is 2. The molecule has 0 radical (unpaired) electrons. The largest absolute Gasteiger partial charge is 0.451 e. The van der Waals surface area contributed by atoms with Crippen LogP contribution < -0.4 is 0 Å². The molecule has 0 aliphatic rings. The van der Waals surface area contributed by atoms with E-state index >= 15 is 0 Å². The monoisotopic (exact) mass is 197 g/mol. The summed E-state index contributed by atoms with van der Waals surface area (Å²) >= 11 is 0. The molecule has 0 bridgehead atoms. The lowest BCUT2D eigenvalue weighted by Crippen LogP contribution is -2.10. The van der Waals surface area contributed by atoms with E-state index in [0.29, 0.717) is 0 Å². The van der Waals surface area contributed by atoms with Gasteiger partial charge in [0.25, 0.3) is 0 Å². The van der Waals surface area contributed by atoms with Gasteiger partial charge in [0, 0.05) is 18.3 Å². The molecule has 0 saturated carbocycles. The van der Waals surface area contributed by atoms with Gasteiger partial charge in [-0.15, -0.1) is 0 Å². The van der Waals surface area contributed by atoms with Crippen LogP contribution in [0.4, 0.5) is 13.2 Å². The van der Waals surface area contributed by atoms with Crippen LogP contribution in [0.5, 0.6) is 0 Å². The fraction of sp³-hybridized carbons (Fsp3) is 0.125. The summed E-state index contributed by atoms with van der Waals surface area (Å²) in [6.45, 7) is 0. The van der Waals surface area contributed by atoms with E-state index < -0.39 is 12.0 Å². The van der Waals surface area contributed by atoms with Crippen LogP contribution in [-0.4, -0.2) is 9.97 Å². The zero-order valence-electron chi connectivity index (χ0n) is 6.63. The lowest BCUT2D eigenvalue weighted by molar-refractivity contribution is -0.145. The second-order valence-electron chi connectivity index (χ2n) is 2.15. The van der Waals surface area contributed by atoms with Crippen molar-refractivity contribution in [3.05, 3.63) is 23.8 Å². The van der Waals surface area contributed by atoms with Gasteiger partial charge in [-0.25, -0.2) is 9.97 Å². The van der Waals surface area contributed by atoms with Crippen molar-refractivity contribution >= 4 is 0 Å². The lowest BCUT2D eigenvalue weighted by atomic mass is 10.3. The molecule has 0 unspecified atom stereocenters. The number of hydrogen-bond donors (Lipinski definition) is 0. The molecule has 0 spiro atoms. The second-order valence-corrected chi connectivity index (χ2v) is 2.15. The lowest BCUT2D eigenvalue weighted by Gasteiger charge is -2.02. The van der Waals surface area contributed by atoms with Crippen LogP contribution in [0.3, 0.4) is 0 Å². The zero-order chi connectivity index (χ0) is 10.6. The van der Waals surface area contributed by atoms with Gasteiger partial charge >= 0.3 is 6.18 Å². The first-order valence-electron chi connectivity index (χ1n) is 3.33. The molecule has 1 aromatic rings. The first kappa shape index (κ1) is 10.0. The number of alkyl halides is 3. The molecule has 14 heavy (non-hydrogen) atoms. The normalized spacial score (nSPS) is 9.86. The smallest absolute Gasteiger partial charge is 0.232 e. The molecule has 0 amide bonds. The molecule has 0 N–H and O–H groups in total. The van der Waals surface area contributed by atoms with Gasteiger partial charge in [0.2, 0.25) is 5.82 Å². The van der Waals surface area contributed by atoms with Crippen LogP contribution in [0.25, 0.3) is 0 Å². The summed E-state index contributed by atoms with van der Waals surface area (Å²) in [6.07, 6.45) is -2.72. The molecule has 1 rings (SSSR count). The molecule has 0 aliphatic heterocycles. The van der Waals surface area contributed by atoms with Crippen molar-refractivity contribution in [2.24, 2.45) is 0 Å². The van der Waals surface area contributed by atoms with Gasteiger partial charge in [-0.1, -0.05) is 0 Å². The molecule has 0 aliphatic carbocycles. The van der Waals surface area contributed by atoms with Gasteiger partial charge in [-0.05, 0) is 5.92 Å². The third-order valence-corrected chi connectivity index (χ3v) is 1.17. The van der Waals surface area contributed by atoms with E-state index in [1.54, 1.807) is 0 Å². The number of halogens is 3. The Morgan fingerprint density at radius 3 is 2.21 bits per heavy atom. The SMILES string of the molecule is N#CC#Cc1cnc(C(F)(F)F)nc1. The minimum Gasteiger partial charge on any atom is -0.232 e. The molecule has 6 heteroatoms. The van der Waals surface area contributed by atoms with E-state index in [9.17, 15) is 13.2 Å². The third kappa shape index (κ3) is 2.46. The van der Waals surface area contributed by atoms with Crippen molar-refractivity contribution in [2.45, 2.75) is 6.18 Å². The predicted octanol–water partition coefficient (Wildman–Crippen LogP) is 1.37. The Morgan fingerprint density at radius 1 is 1.21 bits per heavy atom. The standard InChI is InChI=1S/C8H2F3N3/c9-8(10,11)7-13-4-6(5-14-7)2-1-3-12/h4-5H. The highest BCUT2D eigenvalue weighted by atomic mass is 19.4. The summed E-state index contributed by atoms with van der Waals surface area (Å²) in [7, 11) is 0. The molecule has 0 atom stereocenters. The van der Waals surface area contributed by atoms with Gasteiger partial charge in [-0.3, -0.25) is 0 Å². The van der Waals surface area contributed by atoms with Crippen LogP contribution >= 0.6 is 0 Å². The highest BCUT2D eigenvalue weighted by Crippen LogP contribution is 2.25. The molecule has 1 heterocycles. The van der Waals surface area contributed by atoms with Gasteiger partial charge in [-0.2, -0.15) is 18.4 Å². The first-order valence-corrected chi connectivity index (χ1v) is 3.33. The molecule has 3 nitrogen and oxygen atoms in total. The summed E-state index contributed by atoms with van der Waals surface area (Å²) in [4.78, 5) is 6.11. The van der Waals surface area contributed by atoms with Crippen molar-refractivity contribution in [3.8, 4) is 17.9 Å². The molecular formula is C8H2F3N3. The Kier molecular flexibility index (Phi) is 2.68. The van der Waals surface area contributed by atoms with Crippen molar-refractivity contribution in [1.29, 1.82) is 5.26 Å². The minimum absolute atomic E-state index is 0.166. The summed E-state index contributed by atoms with van der Waals surface area (Å²) in [5.74, 6) is 3.06. The highest BCUT2D eigenvalue weighted by molar-refractivity contribution is 5.34. The number of nitrogens with zero attached hydrogens (tertiary/aromatic N) is 3. The van der Waals surface area contributed by atoms with Crippen molar-refractivity contribution in [3.63, 3.8) is 0 Å². The third-order valence-electron chi connectivity index (χ3n) is 1.17. The summed E-state index contributed by atoms with van der Waals surface area (Å²) < 4.78 is 35.9. The Hall–Kier alpha value is -2.08. The summed E-state index contributed by atoms with van der Waals surface area (Å²) in [5.41, 5.74) is 0.166. The van der Waals surface area contributed by atoms with E-state index in [2.05, 4.69) is 15.9 Å². The van der Waals surface area contributed by atoms with Crippen LogP contribution in [0.2, 0.25) is 0 Å². The first-order chi connectivity index (χ1) is 6.54. The maximum Gasteiger partial charge on any atom is 0.451 e. The molecule has 0 saturated heterocycles. The van der Waals surface area contributed by atoms with E-state index in [1.807, 2.05) is 5.92 Å². The van der Waals surface area contributed by atoms with Gasteiger partial charge in [0.1, 0.15) is 0 Å². The predicted molar refractivity (Wildman–Crippen MR) is 39.5 cm³/mol. The summed E-state index contributed by atoms with van der Waals surface area (Å²) in [6, 6.07) is 1.52. The van der Waals surface area contributed by atoms with E-state index in [4.69, 9.17) is 5.26 Å². The average molecular weight is 197 g/mol. The Bertz CT molecular complexity index is 416. The number of rotatable bonds is 0. The van der Waals surface area contributed by atoms with E-state index in [1.165, 1.54) is 6.07 Å². The van der Waals surface area contributed by atoms with Gasteiger partial charge in [0.15, 0.2) is 6.07 Å². The second kappa shape index (κ2) is 3.75. The molecule has 0 aromatic carbocycles. The highest BCUT2D eigenvalue weighted by Gasteiger charge is 2.34. The van der Waals surface area contributed by atoms with Crippen LogP contribution in [0.1, 0.15) is 11.4 Å². The van der Waals surface area contributed by atoms with Gasteiger partial charge < -0.3 is 0 Å². The summed E-state index contributed by atoms with van der Waals surface area (Å²) in [5, 5.41) is 8.07. The molecular weight excluding hydrogens is 195 g/mol. The van der Waals surface area contributed by atoms with Crippen LogP contribution in [0, 0.1) is 23.2 Å². The Balaban J connectivity index is 2.96. The molecule has 1 aromatic heterocycles. The topological polar surface area (TPSA) is 49.6 Å². The molecule has 70 valence electrons. The van der Waals surface area contributed by atoms with Crippen molar-refractivity contribution in [1.82, 2.24) is 9.97 Å². The average Bonchev–Trinajstić information content (AvgIpc) is 2.14. The number of nitriles is 1. The fourth-order valence-electron chi connectivity index (χ4n) is 0.639. The quantitative estimate of drug-likeness (QED) is 0.590. The van der Waals surface area contributed by atoms with E-state index in [0.717, 1.165) is 12.4 Å². The fourth-order valence-corrected chi connectivity index (χ4v) is 0.639.